The summed E-state index contributed by atoms with van der Waals surface area (Å²) in [6.45, 7) is 1.40. The summed E-state index contributed by atoms with van der Waals surface area (Å²) in [6, 6.07) is 8.50. The fraction of sp³-hybridized carbons (Fsp3) is 0.579. The van der Waals surface area contributed by atoms with E-state index in [2.05, 4.69) is 6.07 Å². The molecule has 0 N–H and O–H groups in total. The first-order valence-electron chi connectivity index (χ1n) is 8.91. The fourth-order valence-electron chi connectivity index (χ4n) is 4.10. The molecule has 2 heterocycles. The van der Waals surface area contributed by atoms with Crippen molar-refractivity contribution in [3.8, 4) is 5.75 Å². The van der Waals surface area contributed by atoms with Crippen LogP contribution in [0.3, 0.4) is 0 Å². The average molecular weight is 328 g/mol. The minimum absolute atomic E-state index is 0.109. The molecule has 1 saturated carbocycles. The Morgan fingerprint density at radius 2 is 2.08 bits per heavy atom. The largest absolute Gasteiger partial charge is 0.497 e. The quantitative estimate of drug-likeness (QED) is 0.852. The molecule has 2 amide bonds. The molecule has 5 nitrogen and oxygen atoms in total. The van der Waals surface area contributed by atoms with Gasteiger partial charge in [-0.1, -0.05) is 12.1 Å². The number of carbonyl (C=O) groups is 2. The number of ether oxygens (including phenoxy) is 1. The normalized spacial score (nSPS) is 27.0. The van der Waals surface area contributed by atoms with Crippen LogP contribution < -0.4 is 4.74 Å². The second-order valence-electron chi connectivity index (χ2n) is 7.14. The van der Waals surface area contributed by atoms with Crippen LogP contribution in [0.5, 0.6) is 5.75 Å². The minimum atomic E-state index is -0.163. The van der Waals surface area contributed by atoms with E-state index < -0.39 is 0 Å². The molecule has 1 aromatic rings. The molecule has 3 aliphatic rings. The van der Waals surface area contributed by atoms with Crippen LogP contribution in [-0.4, -0.2) is 47.9 Å². The summed E-state index contributed by atoms with van der Waals surface area (Å²) >= 11 is 0. The molecule has 2 saturated heterocycles. The summed E-state index contributed by atoms with van der Waals surface area (Å²) < 4.78 is 5.32. The van der Waals surface area contributed by atoms with Gasteiger partial charge in [-0.05, 0) is 43.4 Å². The number of nitrogens with zero attached hydrogens (tertiary/aromatic N) is 2. The summed E-state index contributed by atoms with van der Waals surface area (Å²) in [5, 5.41) is 0. The summed E-state index contributed by atoms with van der Waals surface area (Å²) in [5.41, 5.74) is 1.13. The van der Waals surface area contributed by atoms with Crippen molar-refractivity contribution >= 4 is 11.8 Å². The lowest BCUT2D eigenvalue weighted by molar-refractivity contribution is -0.136. The Hall–Kier alpha value is -2.04. The van der Waals surface area contributed by atoms with Crippen LogP contribution in [0.25, 0.3) is 0 Å². The Balaban J connectivity index is 1.50. The van der Waals surface area contributed by atoms with E-state index in [9.17, 15) is 9.59 Å². The smallest absolute Gasteiger partial charge is 0.228 e. The monoisotopic (exact) mass is 328 g/mol. The molecule has 4 rings (SSSR count). The van der Waals surface area contributed by atoms with Gasteiger partial charge in [0.1, 0.15) is 5.75 Å². The maximum atomic E-state index is 13.0. The maximum absolute atomic E-state index is 13.0. The molecule has 1 aromatic carbocycles. The Morgan fingerprint density at radius 3 is 2.83 bits per heavy atom. The number of carbonyl (C=O) groups excluding carboxylic acids is 2. The highest BCUT2D eigenvalue weighted by molar-refractivity contribution is 5.90. The number of hydrogen-bond donors (Lipinski definition) is 0. The van der Waals surface area contributed by atoms with Crippen molar-refractivity contribution in [2.24, 2.45) is 5.92 Å². The number of benzene rings is 1. The molecule has 2 atom stereocenters. The molecular weight excluding hydrogens is 304 g/mol. The van der Waals surface area contributed by atoms with Gasteiger partial charge in [0.2, 0.25) is 11.8 Å². The van der Waals surface area contributed by atoms with Gasteiger partial charge in [0.25, 0.3) is 0 Å². The second kappa shape index (κ2) is 6.11. The number of rotatable bonds is 4. The van der Waals surface area contributed by atoms with Crippen LogP contribution in [0.4, 0.5) is 0 Å². The van der Waals surface area contributed by atoms with Gasteiger partial charge in [0, 0.05) is 25.6 Å². The molecule has 0 spiro atoms. The van der Waals surface area contributed by atoms with E-state index in [4.69, 9.17) is 4.74 Å². The number of amides is 2. The Labute approximate surface area is 142 Å². The lowest BCUT2D eigenvalue weighted by Gasteiger charge is -2.28. The second-order valence-corrected chi connectivity index (χ2v) is 7.14. The molecule has 0 radical (unpaired) electrons. The zero-order valence-electron chi connectivity index (χ0n) is 14.1. The molecular formula is C19H24N2O3. The van der Waals surface area contributed by atoms with Crippen LogP contribution in [0, 0.1) is 5.92 Å². The molecule has 0 bridgehead atoms. The van der Waals surface area contributed by atoms with Gasteiger partial charge in [0.15, 0.2) is 0 Å². The van der Waals surface area contributed by atoms with Gasteiger partial charge in [0.05, 0.1) is 19.1 Å². The highest BCUT2D eigenvalue weighted by Gasteiger charge is 2.44. The summed E-state index contributed by atoms with van der Waals surface area (Å²) in [4.78, 5) is 29.1. The fourth-order valence-corrected chi connectivity index (χ4v) is 4.10. The van der Waals surface area contributed by atoms with E-state index in [0.29, 0.717) is 19.0 Å². The van der Waals surface area contributed by atoms with E-state index in [1.807, 2.05) is 28.0 Å². The molecule has 24 heavy (non-hydrogen) atoms. The Bertz CT molecular complexity index is 656. The van der Waals surface area contributed by atoms with Crippen molar-refractivity contribution < 1.29 is 14.3 Å². The van der Waals surface area contributed by atoms with Crippen LogP contribution >= 0.6 is 0 Å². The predicted molar refractivity (Wildman–Crippen MR) is 89.5 cm³/mol. The first-order chi connectivity index (χ1) is 11.7. The zero-order valence-corrected chi connectivity index (χ0v) is 14.1. The van der Waals surface area contributed by atoms with Crippen molar-refractivity contribution in [1.29, 1.82) is 0 Å². The van der Waals surface area contributed by atoms with Crippen molar-refractivity contribution in [3.05, 3.63) is 29.8 Å². The van der Waals surface area contributed by atoms with Crippen LogP contribution in [0.1, 0.15) is 43.7 Å². The topological polar surface area (TPSA) is 49.9 Å². The summed E-state index contributed by atoms with van der Waals surface area (Å²) in [6.07, 6.45) is 4.58. The predicted octanol–water partition coefficient (Wildman–Crippen LogP) is 2.37. The van der Waals surface area contributed by atoms with E-state index in [1.54, 1.807) is 7.11 Å². The molecule has 2 aliphatic heterocycles. The zero-order chi connectivity index (χ0) is 16.7. The number of likely N-dealkylation sites (tertiary alicyclic amines) is 2. The third-order valence-corrected chi connectivity index (χ3v) is 5.51. The van der Waals surface area contributed by atoms with E-state index in [-0.39, 0.29) is 23.8 Å². The van der Waals surface area contributed by atoms with Crippen molar-refractivity contribution in [1.82, 2.24) is 9.80 Å². The van der Waals surface area contributed by atoms with Gasteiger partial charge in [-0.3, -0.25) is 9.59 Å². The van der Waals surface area contributed by atoms with Crippen molar-refractivity contribution in [2.45, 2.75) is 44.2 Å². The molecule has 1 aliphatic carbocycles. The van der Waals surface area contributed by atoms with Gasteiger partial charge < -0.3 is 14.5 Å². The van der Waals surface area contributed by atoms with Gasteiger partial charge in [-0.25, -0.2) is 0 Å². The molecule has 128 valence electrons. The van der Waals surface area contributed by atoms with Gasteiger partial charge in [-0.15, -0.1) is 0 Å². The van der Waals surface area contributed by atoms with Crippen molar-refractivity contribution in [3.63, 3.8) is 0 Å². The third kappa shape index (κ3) is 2.76. The third-order valence-electron chi connectivity index (χ3n) is 5.51. The first kappa shape index (κ1) is 15.5. The number of hydrogen-bond acceptors (Lipinski definition) is 3. The average Bonchev–Trinajstić information content (AvgIpc) is 3.19. The maximum Gasteiger partial charge on any atom is 0.228 e. The molecule has 3 fully saturated rings. The van der Waals surface area contributed by atoms with Crippen LogP contribution in [-0.2, 0) is 9.59 Å². The number of methoxy groups -OCH3 is 1. The van der Waals surface area contributed by atoms with Crippen molar-refractivity contribution in [2.75, 3.05) is 20.2 Å². The highest BCUT2D eigenvalue weighted by atomic mass is 16.5. The van der Waals surface area contributed by atoms with Gasteiger partial charge in [-0.2, -0.15) is 0 Å². The summed E-state index contributed by atoms with van der Waals surface area (Å²) in [7, 11) is 1.66. The Morgan fingerprint density at radius 1 is 1.25 bits per heavy atom. The molecule has 0 aromatic heterocycles. The standard InChI is InChI=1S/C19H24N2O3/c1-24-16-5-2-4-13(10-16)17-6-3-9-20(17)19(23)14-11-18(22)21(12-14)15-7-8-15/h2,4-5,10,14-15,17H,3,6-9,11-12H2,1H3/t14-,17-/m0/s1. The Kier molecular flexibility index (Phi) is 3.94. The van der Waals surface area contributed by atoms with Crippen LogP contribution in [0.2, 0.25) is 0 Å². The minimum Gasteiger partial charge on any atom is -0.497 e. The van der Waals surface area contributed by atoms with E-state index in [1.165, 1.54) is 0 Å². The van der Waals surface area contributed by atoms with Crippen LogP contribution in [0.15, 0.2) is 24.3 Å². The lowest BCUT2D eigenvalue weighted by atomic mass is 10.0. The first-order valence-corrected chi connectivity index (χ1v) is 8.91. The molecule has 5 heteroatoms. The highest BCUT2D eigenvalue weighted by Crippen LogP contribution is 2.37. The van der Waals surface area contributed by atoms with E-state index in [0.717, 1.165) is 43.5 Å². The SMILES string of the molecule is COc1cccc([C@@H]2CCCN2C(=O)[C@H]2CC(=O)N(C3CC3)C2)c1. The van der Waals surface area contributed by atoms with Gasteiger partial charge >= 0.3 is 0 Å². The lowest BCUT2D eigenvalue weighted by Crippen LogP contribution is -2.37. The summed E-state index contributed by atoms with van der Waals surface area (Å²) in [5.74, 6) is 0.969. The van der Waals surface area contributed by atoms with E-state index >= 15 is 0 Å². The molecule has 0 unspecified atom stereocenters.